The van der Waals surface area contributed by atoms with Crippen molar-refractivity contribution in [1.29, 1.82) is 0 Å². The summed E-state index contributed by atoms with van der Waals surface area (Å²) in [5, 5.41) is 3.54. The standard InChI is InChI=1S/C16H18Si.6C4H9.2Sn/c1-3-17(4-2,15-11-7-5-8-12-15)16-13-9-6-10-14-16;6*1-3-4-2;;/h5-14H,1-4H2;6*1,3-4H2,2H3;;. The van der Waals surface area contributed by atoms with Gasteiger partial charge in [-0.15, -0.1) is 0 Å². The minimum atomic E-state index is -2.27. The van der Waals surface area contributed by atoms with E-state index in [0.717, 1.165) is 0 Å². The van der Waals surface area contributed by atoms with E-state index >= 15 is 0 Å². The minimum absolute atomic E-state index is 1.39. The van der Waals surface area contributed by atoms with Gasteiger partial charge in [-0.2, -0.15) is 0 Å². The molecule has 43 heavy (non-hydrogen) atoms. The summed E-state index contributed by atoms with van der Waals surface area (Å²) >= 11 is -4.54. The first kappa shape index (κ1) is 39.4. The van der Waals surface area contributed by atoms with Gasteiger partial charge in [0.25, 0.3) is 0 Å². The molecule has 0 nitrogen and oxygen atoms in total. The Morgan fingerprint density at radius 1 is 0.372 bits per heavy atom. The van der Waals surface area contributed by atoms with Crippen molar-refractivity contribution in [1.82, 2.24) is 0 Å². The van der Waals surface area contributed by atoms with E-state index in [1.54, 1.807) is 58.0 Å². The van der Waals surface area contributed by atoms with Crippen molar-refractivity contribution in [2.75, 3.05) is 0 Å². The second-order valence-electron chi connectivity index (χ2n) is 14.4. The Kier molecular flexibility index (Phi) is 20.8. The second kappa shape index (κ2) is 22.7. The second-order valence-corrected chi connectivity index (χ2v) is 47.3. The van der Waals surface area contributed by atoms with Gasteiger partial charge >= 0.3 is 282 Å². The third-order valence-electron chi connectivity index (χ3n) is 11.2. The van der Waals surface area contributed by atoms with Crippen LogP contribution in [0.1, 0.15) is 119 Å². The van der Waals surface area contributed by atoms with Gasteiger partial charge in [0.05, 0.1) is 0 Å². The molecule has 0 bridgehead atoms. The SMILES string of the molecule is CCC[CH2][Sn]([CH2]CCC)([CH2]CCC)[CH2]C[Si](C[CH2][Sn]([CH2]CCC)([CH2]CCC)[CH2]CCC)(c1ccccc1)c1ccccc1. The predicted molar refractivity (Wildman–Crippen MR) is 207 cm³/mol. The Morgan fingerprint density at radius 2 is 0.628 bits per heavy atom. The monoisotopic (exact) mass is 820 g/mol. The van der Waals surface area contributed by atoms with Gasteiger partial charge in [0.1, 0.15) is 0 Å². The summed E-state index contributed by atoms with van der Waals surface area (Å²) in [6.45, 7) is 14.7. The van der Waals surface area contributed by atoms with Crippen molar-refractivity contribution in [2.45, 2.75) is 166 Å². The molecule has 2 aromatic carbocycles. The zero-order chi connectivity index (χ0) is 31.3. The molecule has 0 heterocycles. The molecule has 0 fully saturated rings. The van der Waals surface area contributed by atoms with E-state index < -0.39 is 44.8 Å². The quantitative estimate of drug-likeness (QED) is 0.0830. The van der Waals surface area contributed by atoms with Gasteiger partial charge in [-0.3, -0.25) is 0 Å². The molecule has 0 aliphatic heterocycles. The van der Waals surface area contributed by atoms with E-state index in [1.165, 1.54) is 77.0 Å². The number of benzene rings is 2. The average Bonchev–Trinajstić information content (AvgIpc) is 3.06. The van der Waals surface area contributed by atoms with Gasteiger partial charge in [-0.05, 0) is 0 Å². The van der Waals surface area contributed by atoms with Crippen LogP contribution in [0.15, 0.2) is 60.7 Å². The molecule has 0 radical (unpaired) electrons. The van der Waals surface area contributed by atoms with Gasteiger partial charge in [0.15, 0.2) is 0 Å². The van der Waals surface area contributed by atoms with Crippen molar-refractivity contribution in [3.63, 3.8) is 0 Å². The van der Waals surface area contributed by atoms with Crippen LogP contribution >= 0.6 is 0 Å². The topological polar surface area (TPSA) is 0 Å². The summed E-state index contributed by atoms with van der Waals surface area (Å²) in [6, 6.07) is 27.5. The maximum absolute atomic E-state index is 2.59. The summed E-state index contributed by atoms with van der Waals surface area (Å²) in [6.07, 6.45) is 17.3. The predicted octanol–water partition coefficient (Wildman–Crippen LogP) is 12.9. The van der Waals surface area contributed by atoms with E-state index in [9.17, 15) is 0 Å². The number of hydrogen-bond donors (Lipinski definition) is 0. The van der Waals surface area contributed by atoms with Crippen molar-refractivity contribution < 1.29 is 0 Å². The summed E-state index contributed by atoms with van der Waals surface area (Å²) in [7, 11) is -1.90. The zero-order valence-corrected chi connectivity index (χ0v) is 36.5. The Balaban J connectivity index is 2.64. The van der Waals surface area contributed by atoms with Crippen LogP contribution in [-0.2, 0) is 0 Å². The van der Waals surface area contributed by atoms with Crippen LogP contribution < -0.4 is 10.4 Å². The zero-order valence-electron chi connectivity index (χ0n) is 29.8. The van der Waals surface area contributed by atoms with Crippen LogP contribution in [0.2, 0.25) is 47.6 Å². The van der Waals surface area contributed by atoms with Crippen molar-refractivity contribution in [3.8, 4) is 0 Å². The van der Waals surface area contributed by atoms with E-state index in [1.807, 2.05) is 0 Å². The average molecular weight is 819 g/mol. The molecule has 3 heteroatoms. The molecule has 0 aromatic heterocycles. The fraction of sp³-hybridized carbons (Fsp3) is 0.700. The molecule has 0 amide bonds. The molecule has 0 saturated heterocycles. The molecule has 0 aliphatic carbocycles. The van der Waals surface area contributed by atoms with E-state index in [-0.39, 0.29) is 0 Å². The third kappa shape index (κ3) is 13.1. The first-order chi connectivity index (χ1) is 21.0. The fourth-order valence-corrected chi connectivity index (χ4v) is 57.3. The van der Waals surface area contributed by atoms with Crippen LogP contribution in [0.25, 0.3) is 0 Å². The number of rotatable bonds is 26. The van der Waals surface area contributed by atoms with Gasteiger partial charge in [-0.25, -0.2) is 0 Å². The number of hydrogen-bond acceptors (Lipinski definition) is 0. The Labute approximate surface area is 279 Å². The molecular weight excluding hydrogens is 746 g/mol. The third-order valence-corrected chi connectivity index (χ3v) is 50.8. The molecule has 2 rings (SSSR count). The molecule has 244 valence electrons. The van der Waals surface area contributed by atoms with E-state index in [0.29, 0.717) is 0 Å². The summed E-state index contributed by atoms with van der Waals surface area (Å²) < 4.78 is 13.3. The Morgan fingerprint density at radius 3 is 0.860 bits per heavy atom. The molecule has 0 N–H and O–H groups in total. The van der Waals surface area contributed by atoms with E-state index in [2.05, 4.69) is 102 Å². The van der Waals surface area contributed by atoms with E-state index in [4.69, 9.17) is 0 Å². The summed E-state index contributed by atoms with van der Waals surface area (Å²) in [5.74, 6) is 0. The van der Waals surface area contributed by atoms with Crippen molar-refractivity contribution >= 4 is 55.2 Å². The van der Waals surface area contributed by atoms with Crippen molar-refractivity contribution in [2.24, 2.45) is 0 Å². The van der Waals surface area contributed by atoms with Crippen LogP contribution in [0.3, 0.4) is 0 Å². The first-order valence-corrected chi connectivity index (χ1v) is 37.7. The van der Waals surface area contributed by atoms with Gasteiger partial charge < -0.3 is 0 Å². The Hall–Kier alpha value is 0.254. The molecule has 0 spiro atoms. The van der Waals surface area contributed by atoms with Crippen LogP contribution in [-0.4, -0.2) is 44.8 Å². The van der Waals surface area contributed by atoms with Gasteiger partial charge in [0, 0.05) is 0 Å². The summed E-state index contributed by atoms with van der Waals surface area (Å²) in [5.41, 5.74) is 0. The Bertz CT molecular complexity index is 807. The fourth-order valence-electron chi connectivity index (χ4n) is 8.15. The molecule has 2 aromatic rings. The molecule has 0 unspecified atom stereocenters. The van der Waals surface area contributed by atoms with Crippen LogP contribution in [0.4, 0.5) is 0 Å². The first-order valence-electron chi connectivity index (χ1n) is 19.1. The van der Waals surface area contributed by atoms with Gasteiger partial charge in [-0.1, -0.05) is 0 Å². The maximum atomic E-state index is 2.59. The summed E-state index contributed by atoms with van der Waals surface area (Å²) in [4.78, 5) is 0. The van der Waals surface area contributed by atoms with Crippen LogP contribution in [0.5, 0.6) is 0 Å². The molecule has 0 saturated carbocycles. The molecule has 0 aliphatic rings. The molecule has 0 atom stereocenters. The molecular formula is C40H72SiSn2. The van der Waals surface area contributed by atoms with Crippen molar-refractivity contribution in [3.05, 3.63) is 60.7 Å². The van der Waals surface area contributed by atoms with Crippen LogP contribution in [0, 0.1) is 0 Å². The van der Waals surface area contributed by atoms with Gasteiger partial charge in [0.2, 0.25) is 0 Å². The number of unbranched alkanes of at least 4 members (excludes halogenated alkanes) is 6. The normalized spacial score (nSPS) is 12.6.